The van der Waals surface area contributed by atoms with Crippen LogP contribution < -0.4 is 4.74 Å². The van der Waals surface area contributed by atoms with Gasteiger partial charge in [0.15, 0.2) is 6.61 Å². The van der Waals surface area contributed by atoms with Crippen LogP contribution in [0.2, 0.25) is 0 Å². The van der Waals surface area contributed by atoms with Gasteiger partial charge in [-0.15, -0.1) is 0 Å². The van der Waals surface area contributed by atoms with E-state index in [9.17, 15) is 8.78 Å². The maximum absolute atomic E-state index is 13.9. The monoisotopic (exact) mass is 278 g/mol. The van der Waals surface area contributed by atoms with Gasteiger partial charge in [-0.2, -0.15) is 8.78 Å². The van der Waals surface area contributed by atoms with Gasteiger partial charge < -0.3 is 9.84 Å². The fourth-order valence-corrected chi connectivity index (χ4v) is 1.82. The lowest BCUT2D eigenvalue weighted by Gasteiger charge is -2.17. The number of aliphatic hydroxyl groups excluding tert-OH is 1. The van der Waals surface area contributed by atoms with Crippen LogP contribution in [0.5, 0.6) is 5.75 Å². The molecule has 0 fully saturated rings. The predicted molar refractivity (Wildman–Crippen MR) is 73.1 cm³/mol. The Morgan fingerprint density at radius 1 is 0.950 bits per heavy atom. The molecule has 0 bridgehead atoms. The van der Waals surface area contributed by atoms with Crippen LogP contribution in [-0.2, 0) is 12.3 Å². The molecule has 0 saturated carbocycles. The minimum Gasteiger partial charge on any atom is -0.487 e. The summed E-state index contributed by atoms with van der Waals surface area (Å²) in [5, 5.41) is 8.79. The molecule has 0 radical (unpaired) electrons. The van der Waals surface area contributed by atoms with Crippen molar-refractivity contribution < 1.29 is 18.6 Å². The molecular weight excluding hydrogens is 262 g/mol. The standard InChI is InChI=1S/C16H16F2O2/c17-16(18,14-4-2-1-3-5-14)12-20-15-8-6-13(7-9-15)10-11-19/h1-9,19H,10-12H2. The van der Waals surface area contributed by atoms with Crippen molar-refractivity contribution in [3.63, 3.8) is 0 Å². The molecule has 2 nitrogen and oxygen atoms in total. The molecule has 0 unspecified atom stereocenters. The van der Waals surface area contributed by atoms with Crippen LogP contribution in [0.3, 0.4) is 0 Å². The zero-order valence-corrected chi connectivity index (χ0v) is 10.9. The van der Waals surface area contributed by atoms with E-state index in [0.29, 0.717) is 12.2 Å². The zero-order valence-electron chi connectivity index (χ0n) is 10.9. The van der Waals surface area contributed by atoms with E-state index in [4.69, 9.17) is 9.84 Å². The van der Waals surface area contributed by atoms with Crippen molar-refractivity contribution in [1.82, 2.24) is 0 Å². The molecule has 1 N–H and O–H groups in total. The Bertz CT molecular complexity index is 524. The Balaban J connectivity index is 1.97. The van der Waals surface area contributed by atoms with Crippen LogP contribution >= 0.6 is 0 Å². The van der Waals surface area contributed by atoms with Crippen LogP contribution in [0.1, 0.15) is 11.1 Å². The summed E-state index contributed by atoms with van der Waals surface area (Å²) in [6, 6.07) is 14.4. The normalized spacial score (nSPS) is 11.3. The minimum atomic E-state index is -3.02. The average Bonchev–Trinajstić information content (AvgIpc) is 2.48. The summed E-state index contributed by atoms with van der Waals surface area (Å²) in [6.07, 6.45) is 0.542. The van der Waals surface area contributed by atoms with Gasteiger partial charge in [-0.3, -0.25) is 0 Å². The van der Waals surface area contributed by atoms with E-state index in [-0.39, 0.29) is 12.2 Å². The second kappa shape index (κ2) is 6.48. The first-order valence-corrected chi connectivity index (χ1v) is 6.38. The number of halogens is 2. The molecule has 0 saturated heterocycles. The molecule has 0 heterocycles. The molecule has 0 amide bonds. The van der Waals surface area contributed by atoms with Gasteiger partial charge in [0.1, 0.15) is 5.75 Å². The van der Waals surface area contributed by atoms with Gasteiger partial charge in [0.05, 0.1) is 0 Å². The number of benzene rings is 2. The van der Waals surface area contributed by atoms with E-state index in [1.165, 1.54) is 12.1 Å². The lowest BCUT2D eigenvalue weighted by Crippen LogP contribution is -2.23. The number of hydrogen-bond acceptors (Lipinski definition) is 2. The third-order valence-corrected chi connectivity index (χ3v) is 2.94. The van der Waals surface area contributed by atoms with Crippen molar-refractivity contribution >= 4 is 0 Å². The van der Waals surface area contributed by atoms with Gasteiger partial charge >= 0.3 is 5.92 Å². The summed E-state index contributed by atoms with van der Waals surface area (Å²) in [7, 11) is 0. The summed E-state index contributed by atoms with van der Waals surface area (Å²) in [5.41, 5.74) is 0.881. The number of hydrogen-bond donors (Lipinski definition) is 1. The van der Waals surface area contributed by atoms with Crippen LogP contribution in [0, 0.1) is 0 Å². The fraction of sp³-hybridized carbons (Fsp3) is 0.250. The second-order valence-electron chi connectivity index (χ2n) is 4.48. The Labute approximate surface area is 116 Å². The zero-order chi connectivity index (χ0) is 14.4. The van der Waals surface area contributed by atoms with Crippen molar-refractivity contribution in [3.8, 4) is 5.75 Å². The van der Waals surface area contributed by atoms with Gasteiger partial charge in [0, 0.05) is 12.2 Å². The molecule has 0 aromatic heterocycles. The predicted octanol–water partition coefficient (Wildman–Crippen LogP) is 3.39. The first-order chi connectivity index (χ1) is 9.62. The Hall–Kier alpha value is -1.94. The van der Waals surface area contributed by atoms with E-state index in [2.05, 4.69) is 0 Å². The quantitative estimate of drug-likeness (QED) is 0.877. The highest BCUT2D eigenvalue weighted by Crippen LogP contribution is 2.28. The molecule has 2 aromatic carbocycles. The SMILES string of the molecule is OCCc1ccc(OCC(F)(F)c2ccccc2)cc1. The van der Waals surface area contributed by atoms with Gasteiger partial charge in [-0.05, 0) is 24.1 Å². The largest absolute Gasteiger partial charge is 0.487 e. The van der Waals surface area contributed by atoms with Crippen LogP contribution in [0.25, 0.3) is 0 Å². The lowest BCUT2D eigenvalue weighted by atomic mass is 10.1. The molecule has 4 heteroatoms. The number of alkyl halides is 2. The Morgan fingerprint density at radius 3 is 2.20 bits per heavy atom. The van der Waals surface area contributed by atoms with Gasteiger partial charge in [0.25, 0.3) is 0 Å². The highest BCUT2D eigenvalue weighted by Gasteiger charge is 2.32. The van der Waals surface area contributed by atoms with Gasteiger partial charge in [-0.25, -0.2) is 0 Å². The van der Waals surface area contributed by atoms with Crippen molar-refractivity contribution in [1.29, 1.82) is 0 Å². The molecule has 0 aliphatic heterocycles. The summed E-state index contributed by atoms with van der Waals surface area (Å²) in [6.45, 7) is -0.636. The van der Waals surface area contributed by atoms with E-state index < -0.39 is 12.5 Å². The highest BCUT2D eigenvalue weighted by atomic mass is 19.3. The first-order valence-electron chi connectivity index (χ1n) is 6.38. The maximum Gasteiger partial charge on any atom is 0.306 e. The topological polar surface area (TPSA) is 29.5 Å². The molecule has 20 heavy (non-hydrogen) atoms. The van der Waals surface area contributed by atoms with E-state index in [0.717, 1.165) is 5.56 Å². The number of ether oxygens (including phenoxy) is 1. The number of aliphatic hydroxyl groups is 1. The number of rotatable bonds is 6. The van der Waals surface area contributed by atoms with E-state index >= 15 is 0 Å². The highest BCUT2D eigenvalue weighted by molar-refractivity contribution is 5.28. The maximum atomic E-state index is 13.9. The average molecular weight is 278 g/mol. The van der Waals surface area contributed by atoms with E-state index in [1.54, 1.807) is 42.5 Å². The molecule has 0 atom stereocenters. The molecule has 2 aromatic rings. The molecule has 0 aliphatic carbocycles. The molecule has 0 spiro atoms. The van der Waals surface area contributed by atoms with Gasteiger partial charge in [0.2, 0.25) is 0 Å². The van der Waals surface area contributed by atoms with Crippen LogP contribution in [0.4, 0.5) is 8.78 Å². The molecule has 106 valence electrons. The summed E-state index contributed by atoms with van der Waals surface area (Å²) in [4.78, 5) is 0. The summed E-state index contributed by atoms with van der Waals surface area (Å²) in [5.74, 6) is -2.63. The smallest absolute Gasteiger partial charge is 0.306 e. The fourth-order valence-electron chi connectivity index (χ4n) is 1.82. The third kappa shape index (κ3) is 3.78. The van der Waals surface area contributed by atoms with Crippen molar-refractivity contribution in [2.24, 2.45) is 0 Å². The van der Waals surface area contributed by atoms with Crippen molar-refractivity contribution in [2.75, 3.05) is 13.2 Å². The van der Waals surface area contributed by atoms with E-state index in [1.807, 2.05) is 0 Å². The Morgan fingerprint density at radius 2 is 1.60 bits per heavy atom. The van der Waals surface area contributed by atoms with Crippen molar-refractivity contribution in [3.05, 3.63) is 65.7 Å². The lowest BCUT2D eigenvalue weighted by molar-refractivity contribution is -0.0467. The Kier molecular flexibility index (Phi) is 4.69. The van der Waals surface area contributed by atoms with Crippen LogP contribution in [0.15, 0.2) is 54.6 Å². The van der Waals surface area contributed by atoms with Crippen LogP contribution in [-0.4, -0.2) is 18.3 Å². The summed E-state index contributed by atoms with van der Waals surface area (Å²) >= 11 is 0. The van der Waals surface area contributed by atoms with Gasteiger partial charge in [-0.1, -0.05) is 42.5 Å². The second-order valence-corrected chi connectivity index (χ2v) is 4.48. The molecule has 2 rings (SSSR count). The third-order valence-electron chi connectivity index (χ3n) is 2.94. The van der Waals surface area contributed by atoms with Crippen molar-refractivity contribution in [2.45, 2.75) is 12.3 Å². The first kappa shape index (κ1) is 14.5. The molecular formula is C16H16F2O2. The molecule has 0 aliphatic rings. The summed E-state index contributed by atoms with van der Waals surface area (Å²) < 4.78 is 32.9. The minimum absolute atomic E-state index is 0.0584.